The Labute approximate surface area is 380 Å². The van der Waals surface area contributed by atoms with Crippen molar-refractivity contribution >= 4 is 64.9 Å². The number of nitrogens with zero attached hydrogens (tertiary/aromatic N) is 3. The Morgan fingerprint density at radius 2 is 1.52 bits per heavy atom. The van der Waals surface area contributed by atoms with Crippen LogP contribution >= 0.6 is 11.6 Å². The van der Waals surface area contributed by atoms with Crippen LogP contribution in [0.25, 0.3) is 0 Å². The molecule has 358 valence electrons. The Hall–Kier alpha value is -6.49. The summed E-state index contributed by atoms with van der Waals surface area (Å²) in [5.74, 6) is -9.06. The van der Waals surface area contributed by atoms with Crippen molar-refractivity contribution in [2.45, 2.75) is 121 Å². The number of H-pyrrole nitrogens is 1. The molecular weight excluding hydrogens is 872 g/mol. The van der Waals surface area contributed by atoms with E-state index < -0.39 is 108 Å². The molecule has 1 aliphatic rings. The van der Waals surface area contributed by atoms with E-state index in [1.807, 2.05) is 0 Å². The largest absolute Gasteiger partial charge is 0.506 e. The molecule has 1 aromatic heterocycles. The molecule has 1 aliphatic heterocycles. The molecule has 8 atom stereocenters. The number of carbonyl (C=O) groups is 8. The molecule has 0 bridgehead atoms. The van der Waals surface area contributed by atoms with E-state index in [0.717, 1.165) is 0 Å². The lowest BCUT2D eigenvalue weighted by atomic mass is 9.96. The minimum absolute atomic E-state index is 0.0516. The van der Waals surface area contributed by atoms with Gasteiger partial charge >= 0.3 is 11.9 Å². The number of aliphatic carboxylic acids is 2. The summed E-state index contributed by atoms with van der Waals surface area (Å²) >= 11 is 6.19. The summed E-state index contributed by atoms with van der Waals surface area (Å²) in [6.45, 7) is 6.91. The Morgan fingerprint density at radius 1 is 0.892 bits per heavy atom. The second kappa shape index (κ2) is 25.1. The molecule has 23 nitrogen and oxygen atoms in total. The van der Waals surface area contributed by atoms with Gasteiger partial charge in [0.15, 0.2) is 5.96 Å². The van der Waals surface area contributed by atoms with Gasteiger partial charge in [-0.3, -0.25) is 38.6 Å². The van der Waals surface area contributed by atoms with Crippen molar-refractivity contribution in [2.24, 2.45) is 34.0 Å². The van der Waals surface area contributed by atoms with Crippen LogP contribution in [0.2, 0.25) is 5.02 Å². The van der Waals surface area contributed by atoms with E-state index in [4.69, 9.17) is 33.9 Å². The third kappa shape index (κ3) is 16.2. The smallest absolute Gasteiger partial charge is 0.326 e. The first-order valence-electron chi connectivity index (χ1n) is 21.2. The Morgan fingerprint density at radius 3 is 2.11 bits per heavy atom. The number of nitrogens with one attached hydrogen (secondary N) is 6. The molecule has 15 N–H and O–H groups in total. The molecular formula is C41H61ClN12O11. The molecule has 1 fully saturated rings. The fraction of sp³-hybridized carbons (Fsp3) is 0.561. The number of imidazole rings is 1. The number of hydrogen-bond acceptors (Lipinski definition) is 12. The minimum Gasteiger partial charge on any atom is -0.506 e. The van der Waals surface area contributed by atoms with Gasteiger partial charge in [0.1, 0.15) is 42.0 Å². The Kier molecular flexibility index (Phi) is 20.4. The van der Waals surface area contributed by atoms with Gasteiger partial charge in [0.05, 0.1) is 23.8 Å². The zero-order chi connectivity index (χ0) is 48.5. The van der Waals surface area contributed by atoms with Crippen LogP contribution in [0.4, 0.5) is 0 Å². The summed E-state index contributed by atoms with van der Waals surface area (Å²) in [5, 5.41) is 42.1. The second-order valence-electron chi connectivity index (χ2n) is 16.2. The van der Waals surface area contributed by atoms with E-state index in [9.17, 15) is 48.6 Å². The molecule has 0 radical (unpaired) electrons. The van der Waals surface area contributed by atoms with Crippen LogP contribution in [-0.2, 0) is 51.2 Å². The number of carboxylic acids is 2. The molecule has 0 saturated carbocycles. The third-order valence-electron chi connectivity index (χ3n) is 10.8. The molecule has 1 aromatic carbocycles. The highest BCUT2D eigenvalue weighted by Crippen LogP contribution is 2.25. The van der Waals surface area contributed by atoms with E-state index in [0.29, 0.717) is 24.1 Å². The fourth-order valence-corrected chi connectivity index (χ4v) is 7.23. The predicted molar refractivity (Wildman–Crippen MR) is 236 cm³/mol. The first-order valence-corrected chi connectivity index (χ1v) is 21.5. The molecule has 0 spiro atoms. The maximum atomic E-state index is 14.4. The Balaban J connectivity index is 1.93. The van der Waals surface area contributed by atoms with Crippen LogP contribution in [-0.4, -0.2) is 139 Å². The molecule has 3 rings (SSSR count). The van der Waals surface area contributed by atoms with Gasteiger partial charge in [0.25, 0.3) is 0 Å². The number of likely N-dealkylation sites (tertiary alicyclic amines) is 1. The van der Waals surface area contributed by atoms with Gasteiger partial charge < -0.3 is 69.0 Å². The van der Waals surface area contributed by atoms with Crippen molar-refractivity contribution in [2.75, 3.05) is 13.1 Å². The fourth-order valence-electron chi connectivity index (χ4n) is 7.03. The zero-order valence-corrected chi connectivity index (χ0v) is 37.5. The predicted octanol–water partition coefficient (Wildman–Crippen LogP) is -1.39. The highest BCUT2D eigenvalue weighted by Gasteiger charge is 2.40. The van der Waals surface area contributed by atoms with Crippen LogP contribution in [0.15, 0.2) is 35.7 Å². The van der Waals surface area contributed by atoms with E-state index >= 15 is 0 Å². The SMILES string of the molecule is CC[C@H](C)[C@H](NC(=O)[C@H](Cc1ccc(O)c(Cl)c1)NC(=O)[C@@H](NC(=O)[C@H](CCCN=C(N)N)NC(=O)[C@@H](N)CC(=O)O)C(C)C)C(=O)N[C@@H](Cc1cnc[nH]1)C(=O)N1CCC[C@H]1C(=O)O. The number of amides is 6. The number of benzene rings is 1. The standard InChI is InChI=1S/C41H61ClN12O11/c1-5-21(4)33(38(62)51-28(16-23-18-46-19-48-23)39(63)54-13-7-9-29(54)40(64)65)53-36(60)27(15-22-10-11-30(55)24(42)14-22)50-37(61)32(20(2)3)52-35(59)26(8-6-12-47-41(44)45)49-34(58)25(43)17-31(56)57/h10-11,14,18-21,25-29,32-33,55H,5-9,12-13,15-17,43H2,1-4H3,(H,46,48)(H,49,58)(H,50,61)(H,51,62)(H,52,59)(H,53,60)(H,56,57)(H,64,65)(H4,44,45,47)/t21-,25-,26-,27-,28-,29-,32-,33-/m0/s1. The minimum atomic E-state index is -1.50. The number of nitrogens with two attached hydrogens (primary N) is 3. The summed E-state index contributed by atoms with van der Waals surface area (Å²) in [7, 11) is 0. The molecule has 24 heteroatoms. The van der Waals surface area contributed by atoms with Crippen molar-refractivity contribution in [3.8, 4) is 5.75 Å². The number of halogens is 1. The topological polar surface area (TPSA) is 380 Å². The Bertz CT molecular complexity index is 2030. The van der Waals surface area contributed by atoms with E-state index in [2.05, 4.69) is 41.5 Å². The van der Waals surface area contributed by atoms with Crippen molar-refractivity contribution in [3.63, 3.8) is 0 Å². The lowest BCUT2D eigenvalue weighted by Gasteiger charge is -2.31. The number of aromatic hydroxyl groups is 1. The van der Waals surface area contributed by atoms with Gasteiger partial charge in [-0.2, -0.15) is 0 Å². The number of guanidine groups is 1. The molecule has 6 amide bonds. The molecule has 2 heterocycles. The first-order chi connectivity index (χ1) is 30.6. The number of aliphatic imine (C=N–C) groups is 1. The number of carbonyl (C=O) groups excluding carboxylic acids is 6. The van der Waals surface area contributed by atoms with Crippen LogP contribution in [0.5, 0.6) is 5.75 Å². The third-order valence-corrected chi connectivity index (χ3v) is 11.2. The molecule has 65 heavy (non-hydrogen) atoms. The number of phenols is 1. The van der Waals surface area contributed by atoms with Crippen LogP contribution < -0.4 is 43.8 Å². The lowest BCUT2D eigenvalue weighted by molar-refractivity contribution is -0.149. The quantitative estimate of drug-likeness (QED) is 0.0310. The highest BCUT2D eigenvalue weighted by molar-refractivity contribution is 6.32. The first kappa shape index (κ1) is 52.9. The van der Waals surface area contributed by atoms with Crippen LogP contribution in [0.3, 0.4) is 0 Å². The second-order valence-corrected chi connectivity index (χ2v) is 16.6. The summed E-state index contributed by atoms with van der Waals surface area (Å²) < 4.78 is 0. The zero-order valence-electron chi connectivity index (χ0n) is 36.7. The summed E-state index contributed by atoms with van der Waals surface area (Å²) in [6, 6.07) is -5.13. The average molecular weight is 933 g/mol. The number of rotatable bonds is 25. The van der Waals surface area contributed by atoms with E-state index in [-0.39, 0.29) is 61.9 Å². The van der Waals surface area contributed by atoms with Crippen molar-refractivity contribution in [1.82, 2.24) is 41.5 Å². The lowest BCUT2D eigenvalue weighted by Crippen LogP contribution is -2.62. The van der Waals surface area contributed by atoms with E-state index in [1.165, 1.54) is 35.6 Å². The van der Waals surface area contributed by atoms with Gasteiger partial charge in [-0.1, -0.05) is 51.8 Å². The normalized spacial score (nSPS) is 16.7. The number of aromatic nitrogens is 2. The van der Waals surface area contributed by atoms with Gasteiger partial charge in [-0.05, 0) is 55.2 Å². The number of aromatic amines is 1. The number of hydrogen-bond donors (Lipinski definition) is 12. The van der Waals surface area contributed by atoms with Gasteiger partial charge in [0.2, 0.25) is 35.4 Å². The van der Waals surface area contributed by atoms with Gasteiger partial charge in [-0.25, -0.2) is 9.78 Å². The average Bonchev–Trinajstić information content (AvgIpc) is 3.96. The molecule has 0 aliphatic carbocycles. The monoisotopic (exact) mass is 932 g/mol. The van der Waals surface area contributed by atoms with Crippen molar-refractivity contribution < 1.29 is 53.7 Å². The maximum absolute atomic E-state index is 14.4. The molecule has 1 saturated heterocycles. The highest BCUT2D eigenvalue weighted by atomic mass is 35.5. The maximum Gasteiger partial charge on any atom is 0.326 e. The van der Waals surface area contributed by atoms with Crippen LogP contribution in [0.1, 0.15) is 77.5 Å². The van der Waals surface area contributed by atoms with Gasteiger partial charge in [0, 0.05) is 37.8 Å². The molecule has 0 unspecified atom stereocenters. The van der Waals surface area contributed by atoms with Crippen molar-refractivity contribution in [1.29, 1.82) is 0 Å². The van der Waals surface area contributed by atoms with E-state index in [1.54, 1.807) is 27.7 Å². The molecule has 2 aromatic rings. The van der Waals surface area contributed by atoms with Gasteiger partial charge in [-0.15, -0.1) is 0 Å². The number of carboxylic acid groups (broad SMARTS) is 2. The summed E-state index contributed by atoms with van der Waals surface area (Å²) in [4.78, 5) is 118. The van der Waals surface area contributed by atoms with Crippen molar-refractivity contribution in [3.05, 3.63) is 47.0 Å². The number of phenolic OH excluding ortho intramolecular Hbond substituents is 1. The summed E-state index contributed by atoms with van der Waals surface area (Å²) in [6.07, 6.45) is 2.96. The summed E-state index contributed by atoms with van der Waals surface area (Å²) in [5.41, 5.74) is 17.4. The van der Waals surface area contributed by atoms with Crippen LogP contribution in [0, 0.1) is 11.8 Å².